The van der Waals surface area contributed by atoms with Gasteiger partial charge in [-0.25, -0.2) is 8.42 Å². The van der Waals surface area contributed by atoms with E-state index in [2.05, 4.69) is 27.3 Å². The van der Waals surface area contributed by atoms with E-state index in [1.807, 2.05) is 6.07 Å². The van der Waals surface area contributed by atoms with Crippen LogP contribution in [0.2, 0.25) is 0 Å². The standard InChI is InChI=1S/C10H12INO3S/c1-16(13,14)12-8-4-7(11)5-10(6-8)15-9-2-3-9/h4-6,9,12H,2-3H2,1H3. The van der Waals surface area contributed by atoms with E-state index in [1.165, 1.54) is 0 Å². The summed E-state index contributed by atoms with van der Waals surface area (Å²) >= 11 is 2.13. The molecule has 0 saturated heterocycles. The lowest BCUT2D eigenvalue weighted by Gasteiger charge is -2.09. The first kappa shape index (κ1) is 12.0. The first-order chi connectivity index (χ1) is 7.42. The summed E-state index contributed by atoms with van der Waals surface area (Å²) < 4.78 is 31.2. The van der Waals surface area contributed by atoms with Gasteiger partial charge in [-0.2, -0.15) is 0 Å². The summed E-state index contributed by atoms with van der Waals surface area (Å²) in [6.45, 7) is 0. The molecule has 0 spiro atoms. The Labute approximate surface area is 109 Å². The van der Waals surface area contributed by atoms with Gasteiger partial charge in [-0.15, -0.1) is 0 Å². The first-order valence-electron chi connectivity index (χ1n) is 4.87. The van der Waals surface area contributed by atoms with Gasteiger partial charge >= 0.3 is 0 Å². The molecule has 0 heterocycles. The average Bonchev–Trinajstić information content (AvgIpc) is 2.82. The highest BCUT2D eigenvalue weighted by Crippen LogP contribution is 2.30. The van der Waals surface area contributed by atoms with Crippen LogP contribution in [0.5, 0.6) is 5.75 Å². The lowest BCUT2D eigenvalue weighted by atomic mass is 10.3. The third kappa shape index (κ3) is 3.82. The van der Waals surface area contributed by atoms with Crippen LogP contribution in [0.25, 0.3) is 0 Å². The quantitative estimate of drug-likeness (QED) is 0.845. The highest BCUT2D eigenvalue weighted by Gasteiger charge is 2.23. The number of ether oxygens (including phenoxy) is 1. The summed E-state index contributed by atoms with van der Waals surface area (Å²) in [5, 5.41) is 0. The topological polar surface area (TPSA) is 55.4 Å². The van der Waals surface area contributed by atoms with Crippen LogP contribution in [0, 0.1) is 3.57 Å². The van der Waals surface area contributed by atoms with E-state index in [-0.39, 0.29) is 0 Å². The summed E-state index contributed by atoms with van der Waals surface area (Å²) in [4.78, 5) is 0. The monoisotopic (exact) mass is 353 g/mol. The molecule has 1 saturated carbocycles. The summed E-state index contributed by atoms with van der Waals surface area (Å²) in [5.74, 6) is 0.723. The van der Waals surface area contributed by atoms with E-state index in [1.54, 1.807) is 12.1 Å². The maximum atomic E-state index is 11.1. The molecule has 1 aromatic carbocycles. The normalized spacial score (nSPS) is 15.9. The van der Waals surface area contributed by atoms with Crippen molar-refractivity contribution < 1.29 is 13.2 Å². The molecule has 88 valence electrons. The number of halogens is 1. The molecule has 2 rings (SSSR count). The third-order valence-electron chi connectivity index (χ3n) is 2.00. The van der Waals surface area contributed by atoms with E-state index in [9.17, 15) is 8.42 Å². The van der Waals surface area contributed by atoms with Crippen LogP contribution in [0.3, 0.4) is 0 Å². The zero-order valence-corrected chi connectivity index (χ0v) is 11.7. The molecule has 0 aliphatic heterocycles. The molecule has 1 aromatic rings. The Bertz CT molecular complexity index is 497. The van der Waals surface area contributed by atoms with Crippen LogP contribution < -0.4 is 9.46 Å². The maximum absolute atomic E-state index is 11.1. The summed E-state index contributed by atoms with van der Waals surface area (Å²) in [6, 6.07) is 5.37. The van der Waals surface area contributed by atoms with Crippen molar-refractivity contribution >= 4 is 38.3 Å². The molecule has 0 amide bonds. The van der Waals surface area contributed by atoms with Crippen molar-refractivity contribution in [3.8, 4) is 5.75 Å². The SMILES string of the molecule is CS(=O)(=O)Nc1cc(I)cc(OC2CC2)c1. The van der Waals surface area contributed by atoms with E-state index in [0.29, 0.717) is 11.8 Å². The van der Waals surface area contributed by atoms with Gasteiger partial charge in [0.2, 0.25) is 10.0 Å². The molecular weight excluding hydrogens is 341 g/mol. The van der Waals surface area contributed by atoms with Crippen LogP contribution in [0.4, 0.5) is 5.69 Å². The van der Waals surface area contributed by atoms with Gasteiger partial charge < -0.3 is 4.74 Å². The summed E-state index contributed by atoms with van der Waals surface area (Å²) in [6.07, 6.45) is 3.61. The summed E-state index contributed by atoms with van der Waals surface area (Å²) in [7, 11) is -3.23. The molecule has 0 aromatic heterocycles. The molecule has 1 aliphatic rings. The van der Waals surface area contributed by atoms with Crippen molar-refractivity contribution in [3.05, 3.63) is 21.8 Å². The zero-order chi connectivity index (χ0) is 11.8. The van der Waals surface area contributed by atoms with Gasteiger partial charge in [0.05, 0.1) is 18.0 Å². The molecule has 1 aliphatic carbocycles. The molecule has 16 heavy (non-hydrogen) atoms. The van der Waals surface area contributed by atoms with Crippen molar-refractivity contribution in [3.63, 3.8) is 0 Å². The predicted octanol–water partition coefficient (Wildman–Crippen LogP) is 2.20. The number of hydrogen-bond acceptors (Lipinski definition) is 3. The van der Waals surface area contributed by atoms with Gasteiger partial charge in [0.15, 0.2) is 0 Å². The molecule has 6 heteroatoms. The minimum atomic E-state index is -3.23. The average molecular weight is 353 g/mol. The van der Waals surface area contributed by atoms with Gasteiger partial charge in [-0.3, -0.25) is 4.72 Å². The molecule has 0 unspecified atom stereocenters. The van der Waals surface area contributed by atoms with Crippen molar-refractivity contribution in [2.24, 2.45) is 0 Å². The second-order valence-electron chi connectivity index (χ2n) is 3.87. The van der Waals surface area contributed by atoms with Crippen molar-refractivity contribution in [1.29, 1.82) is 0 Å². The Morgan fingerprint density at radius 1 is 1.38 bits per heavy atom. The summed E-state index contributed by atoms with van der Waals surface area (Å²) in [5.41, 5.74) is 0.546. The number of benzene rings is 1. The van der Waals surface area contributed by atoms with Gasteiger partial charge in [0, 0.05) is 9.64 Å². The maximum Gasteiger partial charge on any atom is 0.229 e. The van der Waals surface area contributed by atoms with Gasteiger partial charge in [-0.05, 0) is 47.6 Å². The third-order valence-corrected chi connectivity index (χ3v) is 3.23. The fourth-order valence-electron chi connectivity index (χ4n) is 1.28. The van der Waals surface area contributed by atoms with Gasteiger partial charge in [-0.1, -0.05) is 0 Å². The largest absolute Gasteiger partial charge is 0.490 e. The minimum absolute atomic E-state index is 0.310. The van der Waals surface area contributed by atoms with Crippen molar-refractivity contribution in [2.75, 3.05) is 11.0 Å². The highest BCUT2D eigenvalue weighted by atomic mass is 127. The Morgan fingerprint density at radius 2 is 2.06 bits per heavy atom. The van der Waals surface area contributed by atoms with E-state index in [4.69, 9.17) is 4.74 Å². The molecule has 0 bridgehead atoms. The van der Waals surface area contributed by atoms with Crippen LogP contribution in [-0.4, -0.2) is 20.8 Å². The molecule has 1 N–H and O–H groups in total. The fourth-order valence-corrected chi connectivity index (χ4v) is 2.47. The molecule has 0 atom stereocenters. The predicted molar refractivity (Wildman–Crippen MR) is 71.3 cm³/mol. The number of nitrogens with one attached hydrogen (secondary N) is 1. The van der Waals surface area contributed by atoms with E-state index < -0.39 is 10.0 Å². The van der Waals surface area contributed by atoms with Crippen molar-refractivity contribution in [1.82, 2.24) is 0 Å². The molecule has 0 radical (unpaired) electrons. The Morgan fingerprint density at radius 3 is 2.62 bits per heavy atom. The fraction of sp³-hybridized carbons (Fsp3) is 0.400. The Balaban J connectivity index is 2.20. The molecule has 4 nitrogen and oxygen atoms in total. The first-order valence-corrected chi connectivity index (χ1v) is 7.84. The van der Waals surface area contributed by atoms with Gasteiger partial charge in [0.25, 0.3) is 0 Å². The highest BCUT2D eigenvalue weighted by molar-refractivity contribution is 14.1. The Kier molecular flexibility index (Phi) is 3.29. The van der Waals surface area contributed by atoms with E-state index >= 15 is 0 Å². The minimum Gasteiger partial charge on any atom is -0.490 e. The Hall–Kier alpha value is -0.500. The number of anilines is 1. The van der Waals surface area contributed by atoms with Crippen LogP contribution in [0.15, 0.2) is 18.2 Å². The second kappa shape index (κ2) is 4.40. The number of sulfonamides is 1. The van der Waals surface area contributed by atoms with E-state index in [0.717, 1.165) is 28.4 Å². The molecular formula is C10H12INO3S. The molecule has 1 fully saturated rings. The van der Waals surface area contributed by atoms with Crippen LogP contribution in [-0.2, 0) is 10.0 Å². The smallest absolute Gasteiger partial charge is 0.229 e. The number of rotatable bonds is 4. The lowest BCUT2D eigenvalue weighted by molar-refractivity contribution is 0.303. The van der Waals surface area contributed by atoms with Crippen molar-refractivity contribution in [2.45, 2.75) is 18.9 Å². The number of hydrogen-bond donors (Lipinski definition) is 1. The zero-order valence-electron chi connectivity index (χ0n) is 8.73. The second-order valence-corrected chi connectivity index (χ2v) is 6.86. The lowest BCUT2D eigenvalue weighted by Crippen LogP contribution is -2.10. The van der Waals surface area contributed by atoms with Gasteiger partial charge in [0.1, 0.15) is 5.75 Å². The van der Waals surface area contributed by atoms with Crippen LogP contribution in [0.1, 0.15) is 12.8 Å². The van der Waals surface area contributed by atoms with Crippen LogP contribution >= 0.6 is 22.6 Å².